The number of nitro benzene ring substituents is 1. The highest BCUT2D eigenvalue weighted by molar-refractivity contribution is 5.73. The summed E-state index contributed by atoms with van der Waals surface area (Å²) >= 11 is 0. The second kappa shape index (κ2) is 7.28. The van der Waals surface area contributed by atoms with Gasteiger partial charge in [-0.05, 0) is 31.9 Å². The minimum absolute atomic E-state index is 0.148. The van der Waals surface area contributed by atoms with Crippen molar-refractivity contribution in [2.24, 2.45) is 0 Å². The molecule has 1 unspecified atom stereocenters. The normalized spacial score (nSPS) is 15.3. The first-order chi connectivity index (χ1) is 10.9. The van der Waals surface area contributed by atoms with Gasteiger partial charge in [-0.3, -0.25) is 19.8 Å². The fourth-order valence-corrected chi connectivity index (χ4v) is 2.39. The summed E-state index contributed by atoms with van der Waals surface area (Å²) in [5.41, 5.74) is -0.173. The summed E-state index contributed by atoms with van der Waals surface area (Å²) in [5.74, 6) is -0.356. The number of nitrogens with zero attached hydrogens (tertiary/aromatic N) is 2. The third-order valence-electron chi connectivity index (χ3n) is 3.84. The molecule has 0 heterocycles. The minimum Gasteiger partial charge on any atom is -0.496 e. The molecule has 0 amide bonds. The van der Waals surface area contributed by atoms with Crippen molar-refractivity contribution in [1.82, 2.24) is 4.90 Å². The average molecular weight is 324 g/mol. The smallest absolute Gasteiger partial charge is 0.320 e. The van der Waals surface area contributed by atoms with Crippen molar-refractivity contribution in [3.63, 3.8) is 0 Å². The lowest BCUT2D eigenvalue weighted by atomic mass is 10.2. The molecule has 1 aromatic carbocycles. The van der Waals surface area contributed by atoms with Crippen molar-refractivity contribution in [2.45, 2.75) is 31.8 Å². The standard InChI is InChI=1S/C15H20N2O6/c1-10(15(18)19)16(11-3-4-11)7-8-23-14-6-5-12(22-2)9-13(14)17(20)21/h5-6,9-11H,3-4,7-8H2,1-2H3,(H,18,19). The Bertz CT molecular complexity index is 587. The fraction of sp³-hybridized carbons (Fsp3) is 0.533. The Morgan fingerprint density at radius 3 is 2.74 bits per heavy atom. The summed E-state index contributed by atoms with van der Waals surface area (Å²) in [6, 6.07) is 4.03. The highest BCUT2D eigenvalue weighted by Crippen LogP contribution is 2.32. The molecule has 1 aliphatic carbocycles. The molecule has 0 radical (unpaired) electrons. The van der Waals surface area contributed by atoms with Crippen LogP contribution in [-0.2, 0) is 4.79 Å². The van der Waals surface area contributed by atoms with Gasteiger partial charge in [-0.1, -0.05) is 0 Å². The van der Waals surface area contributed by atoms with Crippen LogP contribution in [0.4, 0.5) is 5.69 Å². The molecule has 1 N–H and O–H groups in total. The third kappa shape index (κ3) is 4.32. The van der Waals surface area contributed by atoms with E-state index in [2.05, 4.69) is 0 Å². The Kier molecular flexibility index (Phi) is 5.38. The molecule has 126 valence electrons. The van der Waals surface area contributed by atoms with Gasteiger partial charge in [0.25, 0.3) is 0 Å². The zero-order valence-electron chi connectivity index (χ0n) is 13.1. The van der Waals surface area contributed by atoms with E-state index in [0.29, 0.717) is 12.3 Å². The molecule has 8 heteroatoms. The maximum atomic E-state index is 11.1. The van der Waals surface area contributed by atoms with Gasteiger partial charge in [0.1, 0.15) is 18.4 Å². The highest BCUT2D eigenvalue weighted by Gasteiger charge is 2.34. The van der Waals surface area contributed by atoms with E-state index in [1.54, 1.807) is 13.0 Å². The maximum Gasteiger partial charge on any atom is 0.320 e. The van der Waals surface area contributed by atoms with Crippen molar-refractivity contribution in [2.75, 3.05) is 20.3 Å². The van der Waals surface area contributed by atoms with Gasteiger partial charge in [-0.25, -0.2) is 0 Å². The summed E-state index contributed by atoms with van der Waals surface area (Å²) < 4.78 is 10.5. The van der Waals surface area contributed by atoms with Crippen LogP contribution in [0.5, 0.6) is 11.5 Å². The number of ether oxygens (including phenoxy) is 2. The predicted molar refractivity (Wildman–Crippen MR) is 82.0 cm³/mol. The van der Waals surface area contributed by atoms with Crippen LogP contribution in [0.15, 0.2) is 18.2 Å². The van der Waals surface area contributed by atoms with Crippen LogP contribution in [0.3, 0.4) is 0 Å². The fourth-order valence-electron chi connectivity index (χ4n) is 2.39. The van der Waals surface area contributed by atoms with E-state index in [9.17, 15) is 14.9 Å². The Balaban J connectivity index is 2.00. The number of hydrogen-bond acceptors (Lipinski definition) is 6. The Morgan fingerprint density at radius 2 is 2.22 bits per heavy atom. The number of methoxy groups -OCH3 is 1. The topological polar surface area (TPSA) is 102 Å². The molecule has 1 atom stereocenters. The molecular formula is C15H20N2O6. The molecule has 1 aromatic rings. The second-order valence-electron chi connectivity index (χ2n) is 5.42. The van der Waals surface area contributed by atoms with Crippen LogP contribution in [0.2, 0.25) is 0 Å². The molecule has 1 fully saturated rings. The van der Waals surface area contributed by atoms with Gasteiger partial charge < -0.3 is 14.6 Å². The van der Waals surface area contributed by atoms with E-state index in [0.717, 1.165) is 12.8 Å². The number of nitro groups is 1. The molecule has 0 bridgehead atoms. The molecular weight excluding hydrogens is 304 g/mol. The van der Waals surface area contributed by atoms with Gasteiger partial charge in [0.15, 0.2) is 5.75 Å². The van der Waals surface area contributed by atoms with Crippen LogP contribution in [0.1, 0.15) is 19.8 Å². The first-order valence-corrected chi connectivity index (χ1v) is 7.37. The van der Waals surface area contributed by atoms with Crippen LogP contribution in [-0.4, -0.2) is 53.2 Å². The van der Waals surface area contributed by atoms with E-state index >= 15 is 0 Å². The van der Waals surface area contributed by atoms with Gasteiger partial charge in [-0.15, -0.1) is 0 Å². The zero-order valence-corrected chi connectivity index (χ0v) is 13.1. The van der Waals surface area contributed by atoms with E-state index in [4.69, 9.17) is 14.6 Å². The van der Waals surface area contributed by atoms with Gasteiger partial charge in [0.05, 0.1) is 18.1 Å². The molecule has 0 saturated heterocycles. The van der Waals surface area contributed by atoms with Crippen LogP contribution in [0.25, 0.3) is 0 Å². The van der Waals surface area contributed by atoms with Crippen molar-refractivity contribution in [1.29, 1.82) is 0 Å². The van der Waals surface area contributed by atoms with E-state index in [1.165, 1.54) is 19.2 Å². The number of carboxylic acid groups (broad SMARTS) is 1. The quantitative estimate of drug-likeness (QED) is 0.547. The minimum atomic E-state index is -0.882. The molecule has 8 nitrogen and oxygen atoms in total. The zero-order chi connectivity index (χ0) is 17.0. The molecule has 0 aromatic heterocycles. The van der Waals surface area contributed by atoms with E-state index < -0.39 is 16.9 Å². The molecule has 0 aliphatic heterocycles. The van der Waals surface area contributed by atoms with Gasteiger partial charge in [0.2, 0.25) is 0 Å². The van der Waals surface area contributed by atoms with Gasteiger partial charge in [0, 0.05) is 12.6 Å². The van der Waals surface area contributed by atoms with Crippen molar-refractivity contribution >= 4 is 11.7 Å². The van der Waals surface area contributed by atoms with Crippen molar-refractivity contribution in [3.05, 3.63) is 28.3 Å². The Hall–Kier alpha value is -2.35. The summed E-state index contributed by atoms with van der Waals surface area (Å²) in [6.45, 7) is 2.22. The summed E-state index contributed by atoms with van der Waals surface area (Å²) in [4.78, 5) is 23.5. The first kappa shape index (κ1) is 17.0. The number of carboxylic acids is 1. The largest absolute Gasteiger partial charge is 0.496 e. The maximum absolute atomic E-state index is 11.1. The Morgan fingerprint density at radius 1 is 1.52 bits per heavy atom. The highest BCUT2D eigenvalue weighted by atomic mass is 16.6. The third-order valence-corrected chi connectivity index (χ3v) is 3.84. The van der Waals surface area contributed by atoms with E-state index in [1.807, 2.05) is 4.90 Å². The second-order valence-corrected chi connectivity index (χ2v) is 5.42. The lowest BCUT2D eigenvalue weighted by molar-refractivity contribution is -0.385. The molecule has 1 aliphatic rings. The van der Waals surface area contributed by atoms with Gasteiger partial charge >= 0.3 is 11.7 Å². The monoisotopic (exact) mass is 324 g/mol. The average Bonchev–Trinajstić information content (AvgIpc) is 3.35. The van der Waals surface area contributed by atoms with Crippen molar-refractivity contribution in [3.8, 4) is 11.5 Å². The summed E-state index contributed by atoms with van der Waals surface area (Å²) in [7, 11) is 1.43. The van der Waals surface area contributed by atoms with Crippen LogP contribution in [0, 0.1) is 10.1 Å². The van der Waals surface area contributed by atoms with Crippen LogP contribution >= 0.6 is 0 Å². The van der Waals surface area contributed by atoms with Crippen LogP contribution < -0.4 is 9.47 Å². The van der Waals surface area contributed by atoms with Crippen molar-refractivity contribution < 1.29 is 24.3 Å². The number of benzene rings is 1. The number of aliphatic carboxylic acids is 1. The Labute approximate surface area is 133 Å². The first-order valence-electron chi connectivity index (χ1n) is 7.37. The predicted octanol–water partition coefficient (Wildman–Crippen LogP) is 1.92. The number of hydrogen-bond donors (Lipinski definition) is 1. The number of rotatable bonds is 9. The summed E-state index contributed by atoms with van der Waals surface area (Å²) in [5, 5.41) is 20.2. The lowest BCUT2D eigenvalue weighted by Gasteiger charge is -2.25. The number of carbonyl (C=O) groups is 1. The molecule has 2 rings (SSSR count). The SMILES string of the molecule is COc1ccc(OCCN(C2CC2)C(C)C(=O)O)c([N+](=O)[O-])c1. The molecule has 23 heavy (non-hydrogen) atoms. The molecule has 1 saturated carbocycles. The van der Waals surface area contributed by atoms with Gasteiger partial charge in [-0.2, -0.15) is 0 Å². The lowest BCUT2D eigenvalue weighted by Crippen LogP contribution is -2.42. The summed E-state index contributed by atoms with van der Waals surface area (Å²) in [6.07, 6.45) is 1.95. The molecule has 0 spiro atoms. The van der Waals surface area contributed by atoms with E-state index in [-0.39, 0.29) is 24.1 Å².